The van der Waals surface area contributed by atoms with Gasteiger partial charge in [-0.1, -0.05) is 10.2 Å². The van der Waals surface area contributed by atoms with Gasteiger partial charge in [0.05, 0.1) is 17.8 Å². The van der Waals surface area contributed by atoms with Gasteiger partial charge < -0.3 is 0 Å². The van der Waals surface area contributed by atoms with Crippen LogP contribution in [0.2, 0.25) is 0 Å². The van der Waals surface area contributed by atoms with Gasteiger partial charge in [-0.25, -0.2) is 0 Å². The maximum absolute atomic E-state index is 13.0. The Morgan fingerprint density at radius 2 is 1.93 bits per heavy atom. The van der Waals surface area contributed by atoms with E-state index in [9.17, 15) is 14.4 Å². The summed E-state index contributed by atoms with van der Waals surface area (Å²) in [5.41, 5.74) is 22.1. The molecule has 2 rings (SSSR count). The van der Waals surface area contributed by atoms with Crippen LogP contribution < -0.4 is 16.0 Å². The number of carbonyl (C=O) groups excluding carboxylic acids is 3. The molecular formula is C13H18ClN10O3+. The van der Waals surface area contributed by atoms with Crippen molar-refractivity contribution in [2.45, 2.75) is 10.9 Å². The zero-order valence-electron chi connectivity index (χ0n) is 14.1. The van der Waals surface area contributed by atoms with Gasteiger partial charge in [0.1, 0.15) is 12.1 Å². The number of rotatable bonds is 9. The fraction of sp³-hybridized carbons (Fsp3) is 0.692. The van der Waals surface area contributed by atoms with E-state index in [1.807, 2.05) is 0 Å². The van der Waals surface area contributed by atoms with Crippen molar-refractivity contribution in [3.05, 3.63) is 20.9 Å². The highest BCUT2D eigenvalue weighted by molar-refractivity contribution is 6.22. The molecule has 1 spiro atoms. The number of nitrogens with two attached hydrogens (primary N) is 1. The number of hydrogen-bond acceptors (Lipinski definition) is 7. The number of carbonyl (C=O) groups is 3. The third kappa shape index (κ3) is 3.75. The number of guanidine groups is 1. The molecule has 1 aliphatic heterocycles. The number of halogens is 1. The normalized spacial score (nSPS) is 31.2. The van der Waals surface area contributed by atoms with Gasteiger partial charge in [-0.15, -0.1) is 11.6 Å². The van der Waals surface area contributed by atoms with E-state index in [-0.39, 0.29) is 38.4 Å². The van der Waals surface area contributed by atoms with Gasteiger partial charge in [-0.3, -0.25) is 35.3 Å². The summed E-state index contributed by atoms with van der Waals surface area (Å²) in [7, 11) is 0. The predicted molar refractivity (Wildman–Crippen MR) is 92.9 cm³/mol. The summed E-state index contributed by atoms with van der Waals surface area (Å²) in [6.07, 6.45) is 0.483. The number of ketones is 1. The molecule has 1 aliphatic carbocycles. The van der Waals surface area contributed by atoms with Gasteiger partial charge in [0.25, 0.3) is 0 Å². The molecule has 1 fully saturated rings. The first-order chi connectivity index (χ1) is 12.9. The SMILES string of the molecule is [N-]=[N+]=NC[C@@H]1[C@@H](CN=[N+]=[N-])[C@H](C(=O)CN(C=O)C=O)[C@@]2(C[NH+]=C(N)N2)[C@H]1Cl. The van der Waals surface area contributed by atoms with E-state index in [1.165, 1.54) is 0 Å². The van der Waals surface area contributed by atoms with Crippen molar-refractivity contribution in [2.24, 2.45) is 33.7 Å². The van der Waals surface area contributed by atoms with Crippen molar-refractivity contribution >= 4 is 36.2 Å². The topological polar surface area (TPSA) is 204 Å². The van der Waals surface area contributed by atoms with E-state index in [2.05, 4.69) is 30.4 Å². The van der Waals surface area contributed by atoms with E-state index >= 15 is 0 Å². The average Bonchev–Trinajstić information content (AvgIpc) is 3.15. The van der Waals surface area contributed by atoms with Crippen molar-refractivity contribution in [1.82, 2.24) is 10.2 Å². The van der Waals surface area contributed by atoms with E-state index in [0.29, 0.717) is 4.90 Å². The molecule has 0 unspecified atom stereocenters. The van der Waals surface area contributed by atoms with Crippen LogP contribution in [0.5, 0.6) is 0 Å². The van der Waals surface area contributed by atoms with Crippen LogP contribution in [-0.4, -0.2) is 66.6 Å². The molecule has 144 valence electrons. The first-order valence-corrected chi connectivity index (χ1v) is 8.38. The van der Waals surface area contributed by atoms with E-state index in [0.717, 1.165) is 0 Å². The number of Topliss-reactive ketones (excluding diaryl/α,β-unsaturated/α-hetero) is 1. The van der Waals surface area contributed by atoms with E-state index < -0.39 is 41.0 Å². The number of azide groups is 2. The van der Waals surface area contributed by atoms with Gasteiger partial charge in [0.15, 0.2) is 5.78 Å². The molecule has 13 nitrogen and oxygen atoms in total. The number of imide groups is 1. The highest BCUT2D eigenvalue weighted by Crippen LogP contribution is 2.48. The van der Waals surface area contributed by atoms with Crippen molar-refractivity contribution < 1.29 is 19.4 Å². The summed E-state index contributed by atoms with van der Waals surface area (Å²) < 4.78 is 0. The van der Waals surface area contributed by atoms with Crippen LogP contribution in [-0.2, 0) is 14.4 Å². The lowest BCUT2D eigenvalue weighted by Gasteiger charge is -2.31. The third-order valence-corrected chi connectivity index (χ3v) is 5.72. The fourth-order valence-corrected chi connectivity index (χ4v) is 4.50. The molecular weight excluding hydrogens is 380 g/mol. The van der Waals surface area contributed by atoms with Crippen molar-refractivity contribution in [1.29, 1.82) is 0 Å². The van der Waals surface area contributed by atoms with Gasteiger partial charge in [0, 0.05) is 22.9 Å². The molecule has 14 heteroatoms. The minimum absolute atomic E-state index is 0.0194. The lowest BCUT2D eigenvalue weighted by Crippen LogP contribution is -2.75. The summed E-state index contributed by atoms with van der Waals surface area (Å²) in [5, 5.41) is 9.43. The Labute approximate surface area is 158 Å². The van der Waals surface area contributed by atoms with Gasteiger partial charge in [0.2, 0.25) is 12.8 Å². The van der Waals surface area contributed by atoms with E-state index in [4.69, 9.17) is 28.4 Å². The number of nitrogens with one attached hydrogen (secondary N) is 2. The molecule has 4 N–H and O–H groups in total. The lowest BCUT2D eigenvalue weighted by atomic mass is 9.79. The summed E-state index contributed by atoms with van der Waals surface area (Å²) in [4.78, 5) is 43.9. The number of hydrogen-bond donors (Lipinski definition) is 3. The minimum atomic E-state index is -1.05. The van der Waals surface area contributed by atoms with Crippen molar-refractivity contribution in [3.8, 4) is 0 Å². The quantitative estimate of drug-likeness (QED) is 0.132. The molecule has 1 heterocycles. The maximum atomic E-state index is 13.0. The maximum Gasteiger partial charge on any atom is 0.341 e. The Morgan fingerprint density at radius 1 is 1.33 bits per heavy atom. The van der Waals surface area contributed by atoms with Crippen LogP contribution in [0.4, 0.5) is 0 Å². The molecule has 0 aromatic carbocycles. The number of nitrogens with zero attached hydrogens (tertiary/aromatic N) is 7. The lowest BCUT2D eigenvalue weighted by molar-refractivity contribution is -0.456. The largest absolute Gasteiger partial charge is 0.341 e. The van der Waals surface area contributed by atoms with Crippen LogP contribution in [0.1, 0.15) is 0 Å². The summed E-state index contributed by atoms with van der Waals surface area (Å²) in [6.45, 7) is -0.363. The standard InChI is InChI=1S/C13H17ClN10O3/c14-11-8(2-20-23-17)7(1-19-22-16)10(9(27)3-24(5-25)6-26)13(11)4-18-12(15)21-13/h5-8,10-11H,1-4H2,(H3,15,18,21)/p+1/t7-,8-,10-,11+,13+/m1/s1. The zero-order chi connectivity index (χ0) is 20.0. The minimum Gasteiger partial charge on any atom is -0.297 e. The second-order valence-electron chi connectivity index (χ2n) is 6.32. The number of amides is 2. The van der Waals surface area contributed by atoms with Gasteiger partial charge in [-0.05, 0) is 22.9 Å². The average molecular weight is 398 g/mol. The zero-order valence-corrected chi connectivity index (χ0v) is 14.9. The molecule has 5 atom stereocenters. The second-order valence-corrected chi connectivity index (χ2v) is 6.79. The van der Waals surface area contributed by atoms with Crippen LogP contribution in [0, 0.1) is 17.8 Å². The second kappa shape index (κ2) is 8.58. The molecule has 2 aliphatic rings. The Hall–Kier alpha value is -3.01. The summed E-state index contributed by atoms with van der Waals surface area (Å²) >= 11 is 6.66. The molecule has 0 saturated heterocycles. The first kappa shape index (κ1) is 20.3. The van der Waals surface area contributed by atoms with Crippen molar-refractivity contribution in [2.75, 3.05) is 26.2 Å². The van der Waals surface area contributed by atoms with Gasteiger partial charge >= 0.3 is 5.96 Å². The van der Waals surface area contributed by atoms with Crippen LogP contribution in [0.25, 0.3) is 20.9 Å². The molecule has 27 heavy (non-hydrogen) atoms. The smallest absolute Gasteiger partial charge is 0.297 e. The Bertz CT molecular complexity index is 739. The highest BCUT2D eigenvalue weighted by atomic mass is 35.5. The Morgan fingerprint density at radius 3 is 2.41 bits per heavy atom. The van der Waals surface area contributed by atoms with Crippen molar-refractivity contribution in [3.63, 3.8) is 0 Å². The Kier molecular flexibility index (Phi) is 6.45. The molecule has 0 bridgehead atoms. The molecule has 0 radical (unpaired) electrons. The third-order valence-electron chi connectivity index (χ3n) is 5.01. The molecule has 0 aromatic heterocycles. The van der Waals surface area contributed by atoms with Crippen LogP contribution in [0.3, 0.4) is 0 Å². The Balaban J connectivity index is 2.47. The summed E-state index contributed by atoms with van der Waals surface area (Å²) in [5.74, 6) is -2.16. The van der Waals surface area contributed by atoms with Gasteiger partial charge in [-0.2, -0.15) is 0 Å². The summed E-state index contributed by atoms with van der Waals surface area (Å²) in [6, 6.07) is 0. The number of alkyl halides is 1. The molecule has 1 saturated carbocycles. The fourth-order valence-electron chi connectivity index (χ4n) is 3.97. The highest BCUT2D eigenvalue weighted by Gasteiger charge is 2.65. The molecule has 0 aromatic rings. The molecule has 2 amide bonds. The van der Waals surface area contributed by atoms with Crippen LogP contribution >= 0.6 is 11.6 Å². The van der Waals surface area contributed by atoms with Crippen LogP contribution in [0.15, 0.2) is 10.2 Å². The monoisotopic (exact) mass is 397 g/mol. The first-order valence-electron chi connectivity index (χ1n) is 7.94. The predicted octanol–water partition coefficient (Wildman–Crippen LogP) is -2.00. The van der Waals surface area contributed by atoms with E-state index in [1.54, 1.807) is 0 Å².